The number of carbonyl (C=O) groups is 1. The molecule has 0 aliphatic rings. The molecule has 136 valence electrons. The number of fused-ring (bicyclic) bond motifs is 1. The van der Waals surface area contributed by atoms with Crippen LogP contribution in [0.1, 0.15) is 20.9 Å². The summed E-state index contributed by atoms with van der Waals surface area (Å²) in [5, 5.41) is 4.54. The first-order chi connectivity index (χ1) is 13.0. The summed E-state index contributed by atoms with van der Waals surface area (Å²) in [6.07, 6.45) is 3.72. The Balaban J connectivity index is 1.61. The molecule has 0 unspecified atom stereocenters. The first-order valence-electron chi connectivity index (χ1n) is 8.44. The minimum absolute atomic E-state index is 0.135. The molecule has 0 aliphatic heterocycles. The topological polar surface area (TPSA) is 59.8 Å². The summed E-state index contributed by atoms with van der Waals surface area (Å²) in [7, 11) is 1.93. The highest BCUT2D eigenvalue weighted by Gasteiger charge is 2.19. The number of carbonyl (C=O) groups excluding carboxylic acids is 1. The lowest BCUT2D eigenvalue weighted by atomic mass is 10.2. The van der Waals surface area contributed by atoms with Gasteiger partial charge in [-0.3, -0.25) is 4.79 Å². The van der Waals surface area contributed by atoms with Gasteiger partial charge in [0.1, 0.15) is 21.3 Å². The molecule has 0 saturated carbocycles. The van der Waals surface area contributed by atoms with Crippen LogP contribution in [0.2, 0.25) is 0 Å². The molecule has 0 radical (unpaired) electrons. The molecule has 3 heterocycles. The summed E-state index contributed by atoms with van der Waals surface area (Å²) in [4.78, 5) is 22.1. The molecule has 0 aliphatic carbocycles. The van der Waals surface area contributed by atoms with Gasteiger partial charge >= 0.3 is 0 Å². The Bertz CT molecular complexity index is 1150. The fraction of sp³-hybridized carbons (Fsp3) is 0.150. The third-order valence-corrected chi connectivity index (χ3v) is 5.55. The van der Waals surface area contributed by atoms with E-state index in [1.165, 1.54) is 17.4 Å². The lowest BCUT2D eigenvalue weighted by Crippen LogP contribution is -2.23. The molecule has 5 nitrogen and oxygen atoms in total. The predicted molar refractivity (Wildman–Crippen MR) is 104 cm³/mol. The first-order valence-corrected chi connectivity index (χ1v) is 9.25. The number of thiazole rings is 1. The van der Waals surface area contributed by atoms with E-state index in [0.717, 1.165) is 21.6 Å². The first kappa shape index (κ1) is 17.4. The SMILES string of the molecule is Cc1nc(-c2cn(C)c3ncccc23)sc1C(=O)NCc1ccccc1F. The van der Waals surface area contributed by atoms with Crippen molar-refractivity contribution in [2.75, 3.05) is 0 Å². The van der Waals surface area contributed by atoms with Gasteiger partial charge in [0, 0.05) is 42.5 Å². The Kier molecular flexibility index (Phi) is 4.45. The fourth-order valence-corrected chi connectivity index (χ4v) is 4.01. The second kappa shape index (κ2) is 6.92. The molecule has 4 aromatic rings. The van der Waals surface area contributed by atoms with E-state index in [-0.39, 0.29) is 18.3 Å². The largest absolute Gasteiger partial charge is 0.347 e. The summed E-state index contributed by atoms with van der Waals surface area (Å²) >= 11 is 1.33. The molecule has 0 saturated heterocycles. The number of amides is 1. The zero-order valence-corrected chi connectivity index (χ0v) is 15.7. The van der Waals surface area contributed by atoms with Gasteiger partial charge in [-0.05, 0) is 25.1 Å². The number of hydrogen-bond donors (Lipinski definition) is 1. The van der Waals surface area contributed by atoms with Gasteiger partial charge in [-0.15, -0.1) is 11.3 Å². The van der Waals surface area contributed by atoms with Crippen LogP contribution in [-0.2, 0) is 13.6 Å². The van der Waals surface area contributed by atoms with Gasteiger partial charge in [-0.25, -0.2) is 14.4 Å². The van der Waals surface area contributed by atoms with Crippen LogP contribution in [0, 0.1) is 12.7 Å². The Labute approximate surface area is 159 Å². The van der Waals surface area contributed by atoms with Crippen LogP contribution in [0.5, 0.6) is 0 Å². The number of nitrogens with one attached hydrogen (secondary N) is 1. The van der Waals surface area contributed by atoms with Crippen molar-refractivity contribution in [3.05, 3.63) is 70.7 Å². The van der Waals surface area contributed by atoms with E-state index < -0.39 is 0 Å². The van der Waals surface area contributed by atoms with Crippen LogP contribution >= 0.6 is 11.3 Å². The monoisotopic (exact) mass is 380 g/mol. The minimum Gasteiger partial charge on any atom is -0.347 e. The van der Waals surface area contributed by atoms with Crippen molar-refractivity contribution in [1.29, 1.82) is 0 Å². The molecule has 1 aromatic carbocycles. The van der Waals surface area contributed by atoms with Crippen LogP contribution in [0.25, 0.3) is 21.6 Å². The van der Waals surface area contributed by atoms with Gasteiger partial charge in [0.25, 0.3) is 5.91 Å². The molecule has 0 spiro atoms. The van der Waals surface area contributed by atoms with E-state index in [9.17, 15) is 9.18 Å². The fourth-order valence-electron chi connectivity index (χ4n) is 3.00. The normalized spacial score (nSPS) is 11.1. The maximum absolute atomic E-state index is 13.7. The summed E-state index contributed by atoms with van der Waals surface area (Å²) in [5.74, 6) is -0.583. The predicted octanol–water partition coefficient (Wildman–Crippen LogP) is 4.07. The van der Waals surface area contributed by atoms with Gasteiger partial charge in [0.2, 0.25) is 0 Å². The molecule has 0 bridgehead atoms. The van der Waals surface area contributed by atoms with Crippen molar-refractivity contribution in [1.82, 2.24) is 19.9 Å². The number of halogens is 1. The number of benzene rings is 1. The summed E-state index contributed by atoms with van der Waals surface area (Å²) in [5.41, 5.74) is 2.92. The number of rotatable bonds is 4. The number of hydrogen-bond acceptors (Lipinski definition) is 4. The number of aromatic nitrogens is 3. The Morgan fingerprint density at radius 2 is 2.07 bits per heavy atom. The maximum Gasteiger partial charge on any atom is 0.263 e. The third-order valence-electron chi connectivity index (χ3n) is 4.36. The number of nitrogens with zero attached hydrogens (tertiary/aromatic N) is 3. The van der Waals surface area contributed by atoms with Gasteiger partial charge in [-0.2, -0.15) is 0 Å². The minimum atomic E-state index is -0.331. The van der Waals surface area contributed by atoms with E-state index in [1.54, 1.807) is 31.3 Å². The summed E-state index contributed by atoms with van der Waals surface area (Å²) in [6, 6.07) is 10.3. The highest BCUT2D eigenvalue weighted by atomic mass is 32.1. The van der Waals surface area contributed by atoms with Crippen LogP contribution in [0.15, 0.2) is 48.8 Å². The van der Waals surface area contributed by atoms with Crippen LogP contribution in [0.3, 0.4) is 0 Å². The molecule has 1 N–H and O–H groups in total. The zero-order valence-electron chi connectivity index (χ0n) is 14.9. The number of aryl methyl sites for hydroxylation is 2. The zero-order chi connectivity index (χ0) is 19.0. The second-order valence-corrected chi connectivity index (χ2v) is 7.23. The van der Waals surface area contributed by atoms with E-state index in [2.05, 4.69) is 15.3 Å². The summed E-state index contributed by atoms with van der Waals surface area (Å²) in [6.45, 7) is 1.94. The van der Waals surface area contributed by atoms with Crippen molar-refractivity contribution >= 4 is 28.3 Å². The van der Waals surface area contributed by atoms with E-state index >= 15 is 0 Å². The van der Waals surface area contributed by atoms with Gasteiger partial charge in [0.15, 0.2) is 0 Å². The molecule has 27 heavy (non-hydrogen) atoms. The third kappa shape index (κ3) is 3.21. The van der Waals surface area contributed by atoms with Crippen molar-refractivity contribution < 1.29 is 9.18 Å². The van der Waals surface area contributed by atoms with E-state index in [1.807, 2.05) is 29.9 Å². The van der Waals surface area contributed by atoms with Crippen LogP contribution in [0.4, 0.5) is 4.39 Å². The van der Waals surface area contributed by atoms with E-state index in [0.29, 0.717) is 16.1 Å². The molecule has 3 aromatic heterocycles. The average Bonchev–Trinajstić information content (AvgIpc) is 3.21. The number of pyridine rings is 1. The Hall–Kier alpha value is -3.06. The Morgan fingerprint density at radius 1 is 1.26 bits per heavy atom. The average molecular weight is 380 g/mol. The molecule has 0 atom stereocenters. The van der Waals surface area contributed by atoms with Crippen LogP contribution in [-0.4, -0.2) is 20.4 Å². The van der Waals surface area contributed by atoms with Crippen molar-refractivity contribution in [3.63, 3.8) is 0 Å². The molecule has 1 amide bonds. The smallest absolute Gasteiger partial charge is 0.263 e. The quantitative estimate of drug-likeness (QED) is 0.580. The maximum atomic E-state index is 13.7. The molecule has 4 rings (SSSR count). The van der Waals surface area contributed by atoms with E-state index in [4.69, 9.17) is 0 Å². The Morgan fingerprint density at radius 3 is 2.89 bits per heavy atom. The highest BCUT2D eigenvalue weighted by molar-refractivity contribution is 7.17. The lowest BCUT2D eigenvalue weighted by Gasteiger charge is -2.05. The second-order valence-electron chi connectivity index (χ2n) is 6.24. The molecular formula is C20H17FN4OS. The van der Waals surface area contributed by atoms with Crippen molar-refractivity contribution in [2.24, 2.45) is 7.05 Å². The van der Waals surface area contributed by atoms with Crippen molar-refractivity contribution in [2.45, 2.75) is 13.5 Å². The molecule has 7 heteroatoms. The summed E-state index contributed by atoms with van der Waals surface area (Å²) < 4.78 is 15.7. The van der Waals surface area contributed by atoms with Gasteiger partial charge < -0.3 is 9.88 Å². The van der Waals surface area contributed by atoms with Crippen LogP contribution < -0.4 is 5.32 Å². The van der Waals surface area contributed by atoms with Gasteiger partial charge in [0.05, 0.1) is 5.69 Å². The highest BCUT2D eigenvalue weighted by Crippen LogP contribution is 2.33. The molecular weight excluding hydrogens is 363 g/mol. The van der Waals surface area contributed by atoms with Crippen molar-refractivity contribution in [3.8, 4) is 10.6 Å². The van der Waals surface area contributed by atoms with Gasteiger partial charge in [-0.1, -0.05) is 18.2 Å². The lowest BCUT2D eigenvalue weighted by molar-refractivity contribution is 0.0954. The molecule has 0 fully saturated rings. The standard InChI is InChI=1S/C20H17FN4OS/c1-12-17(19(26)23-10-13-6-3-4-8-16(13)21)27-20(24-12)15-11-25(2)18-14(15)7-5-9-22-18/h3-9,11H,10H2,1-2H3,(H,23,26).